The molecule has 19 heavy (non-hydrogen) atoms. The zero-order valence-electron chi connectivity index (χ0n) is 11.9. The van der Waals surface area contributed by atoms with Crippen LogP contribution in [0.15, 0.2) is 24.3 Å². The van der Waals surface area contributed by atoms with Crippen molar-refractivity contribution in [3.05, 3.63) is 34.9 Å². The molecule has 0 radical (unpaired) electrons. The predicted octanol–water partition coefficient (Wildman–Crippen LogP) is 2.15. The molecule has 1 fully saturated rings. The van der Waals surface area contributed by atoms with E-state index < -0.39 is 0 Å². The highest BCUT2D eigenvalue weighted by Gasteiger charge is 2.29. The number of hydrogen-bond donors (Lipinski definition) is 1. The van der Waals surface area contributed by atoms with Crippen LogP contribution in [0.3, 0.4) is 0 Å². The number of benzene rings is 1. The van der Waals surface area contributed by atoms with Crippen LogP contribution in [-0.2, 0) is 5.54 Å². The van der Waals surface area contributed by atoms with Crippen molar-refractivity contribution >= 4 is 11.6 Å². The van der Waals surface area contributed by atoms with Crippen molar-refractivity contribution < 1.29 is 0 Å². The molecule has 106 valence electrons. The van der Waals surface area contributed by atoms with Crippen molar-refractivity contribution in [2.24, 2.45) is 5.73 Å². The lowest BCUT2D eigenvalue weighted by Crippen LogP contribution is -2.53. The minimum atomic E-state index is -0.277. The number of piperazine rings is 1. The Labute approximate surface area is 121 Å². The first-order valence-electron chi connectivity index (χ1n) is 6.99. The molecule has 3 nitrogen and oxygen atoms in total. The van der Waals surface area contributed by atoms with Gasteiger partial charge in [0.25, 0.3) is 0 Å². The maximum Gasteiger partial charge on any atom is 0.0535 e. The van der Waals surface area contributed by atoms with E-state index in [9.17, 15) is 0 Å². The topological polar surface area (TPSA) is 32.5 Å². The van der Waals surface area contributed by atoms with Crippen LogP contribution in [0.5, 0.6) is 0 Å². The first kappa shape index (κ1) is 14.8. The fourth-order valence-electron chi connectivity index (χ4n) is 2.59. The largest absolute Gasteiger partial charge is 0.320 e. The van der Waals surface area contributed by atoms with Crippen LogP contribution >= 0.6 is 11.6 Å². The summed E-state index contributed by atoms with van der Waals surface area (Å²) in [4.78, 5) is 4.83. The number of likely N-dealkylation sites (N-methyl/N-ethyl adjacent to an activating group) is 1. The minimum Gasteiger partial charge on any atom is -0.320 e. The highest BCUT2D eigenvalue weighted by molar-refractivity contribution is 6.30. The van der Waals surface area contributed by atoms with Gasteiger partial charge >= 0.3 is 0 Å². The molecule has 0 aromatic heterocycles. The zero-order valence-corrected chi connectivity index (χ0v) is 12.7. The lowest BCUT2D eigenvalue weighted by atomic mass is 9.87. The number of halogens is 1. The second kappa shape index (κ2) is 6.23. The summed E-state index contributed by atoms with van der Waals surface area (Å²) < 4.78 is 0. The van der Waals surface area contributed by atoms with Crippen molar-refractivity contribution in [1.29, 1.82) is 0 Å². The third-order valence-corrected chi connectivity index (χ3v) is 4.40. The van der Waals surface area contributed by atoms with Gasteiger partial charge in [-0.05, 0) is 31.2 Å². The quantitative estimate of drug-likeness (QED) is 0.918. The van der Waals surface area contributed by atoms with E-state index in [4.69, 9.17) is 17.3 Å². The van der Waals surface area contributed by atoms with Gasteiger partial charge in [0.05, 0.1) is 5.54 Å². The Hall–Kier alpha value is -0.610. The molecule has 1 aliphatic rings. The molecule has 2 N–H and O–H groups in total. The molecule has 1 atom stereocenters. The third-order valence-electron chi connectivity index (χ3n) is 4.15. The molecule has 0 bridgehead atoms. The molecule has 1 aliphatic heterocycles. The van der Waals surface area contributed by atoms with E-state index in [1.165, 1.54) is 5.56 Å². The van der Waals surface area contributed by atoms with E-state index in [0.29, 0.717) is 0 Å². The Kier molecular flexibility index (Phi) is 4.85. The van der Waals surface area contributed by atoms with E-state index in [1.807, 2.05) is 12.1 Å². The van der Waals surface area contributed by atoms with Gasteiger partial charge in [-0.3, -0.25) is 4.90 Å². The van der Waals surface area contributed by atoms with Gasteiger partial charge in [-0.2, -0.15) is 0 Å². The Bertz CT molecular complexity index is 398. The molecule has 2 rings (SSSR count). The summed E-state index contributed by atoms with van der Waals surface area (Å²) >= 11 is 5.96. The van der Waals surface area contributed by atoms with Crippen LogP contribution < -0.4 is 5.73 Å². The van der Waals surface area contributed by atoms with Crippen molar-refractivity contribution in [3.63, 3.8) is 0 Å². The summed E-state index contributed by atoms with van der Waals surface area (Å²) in [5.41, 5.74) is 7.54. The SMILES string of the molecule is CCC(N)(CN1CCN(C)CC1)c1ccc(Cl)cc1. The number of nitrogens with zero attached hydrogens (tertiary/aromatic N) is 2. The molecule has 1 heterocycles. The second-order valence-electron chi connectivity index (χ2n) is 5.60. The van der Waals surface area contributed by atoms with E-state index in [-0.39, 0.29) is 5.54 Å². The Morgan fingerprint density at radius 3 is 2.26 bits per heavy atom. The summed E-state index contributed by atoms with van der Waals surface area (Å²) in [6, 6.07) is 7.97. The molecule has 1 aromatic carbocycles. The van der Waals surface area contributed by atoms with Gasteiger partial charge in [0.15, 0.2) is 0 Å². The van der Waals surface area contributed by atoms with Crippen LogP contribution in [0.25, 0.3) is 0 Å². The summed E-state index contributed by atoms with van der Waals surface area (Å²) in [5, 5.41) is 0.766. The van der Waals surface area contributed by atoms with Crippen molar-refractivity contribution in [2.45, 2.75) is 18.9 Å². The molecule has 0 spiro atoms. The van der Waals surface area contributed by atoms with E-state index in [1.54, 1.807) is 0 Å². The highest BCUT2D eigenvalue weighted by atomic mass is 35.5. The maximum absolute atomic E-state index is 6.64. The number of rotatable bonds is 4. The molecule has 1 unspecified atom stereocenters. The summed E-state index contributed by atoms with van der Waals surface area (Å²) in [6.07, 6.45) is 0.932. The Balaban J connectivity index is 2.07. The molecular formula is C15H24ClN3. The van der Waals surface area contributed by atoms with Gasteiger partial charge in [-0.25, -0.2) is 0 Å². The van der Waals surface area contributed by atoms with Gasteiger partial charge in [0, 0.05) is 37.7 Å². The predicted molar refractivity (Wildman–Crippen MR) is 81.5 cm³/mol. The smallest absolute Gasteiger partial charge is 0.0535 e. The molecule has 1 saturated heterocycles. The molecule has 0 aliphatic carbocycles. The van der Waals surface area contributed by atoms with Crippen molar-refractivity contribution in [3.8, 4) is 0 Å². The van der Waals surface area contributed by atoms with E-state index >= 15 is 0 Å². The van der Waals surface area contributed by atoms with Crippen LogP contribution in [0, 0.1) is 0 Å². The number of nitrogens with two attached hydrogens (primary N) is 1. The average molecular weight is 282 g/mol. The summed E-state index contributed by atoms with van der Waals surface area (Å²) in [6.45, 7) is 7.52. The second-order valence-corrected chi connectivity index (χ2v) is 6.03. The Morgan fingerprint density at radius 2 is 1.74 bits per heavy atom. The first-order chi connectivity index (χ1) is 9.03. The lowest BCUT2D eigenvalue weighted by molar-refractivity contribution is 0.124. The highest BCUT2D eigenvalue weighted by Crippen LogP contribution is 2.25. The summed E-state index contributed by atoms with van der Waals surface area (Å²) in [5.74, 6) is 0. The normalized spacial score (nSPS) is 21.3. The zero-order chi connectivity index (χ0) is 13.9. The molecule has 0 saturated carbocycles. The van der Waals surface area contributed by atoms with Crippen molar-refractivity contribution in [2.75, 3.05) is 39.8 Å². The summed E-state index contributed by atoms with van der Waals surface area (Å²) in [7, 11) is 2.17. The van der Waals surface area contributed by atoms with Crippen LogP contribution in [0.2, 0.25) is 5.02 Å². The van der Waals surface area contributed by atoms with Gasteiger partial charge in [0.1, 0.15) is 0 Å². The van der Waals surface area contributed by atoms with Gasteiger partial charge in [-0.1, -0.05) is 30.7 Å². The average Bonchev–Trinajstić information content (AvgIpc) is 2.42. The molecule has 1 aromatic rings. The molecular weight excluding hydrogens is 258 g/mol. The molecule has 4 heteroatoms. The third kappa shape index (κ3) is 3.69. The van der Waals surface area contributed by atoms with Crippen LogP contribution in [0.1, 0.15) is 18.9 Å². The fourth-order valence-corrected chi connectivity index (χ4v) is 2.72. The van der Waals surface area contributed by atoms with Crippen LogP contribution in [0.4, 0.5) is 0 Å². The Morgan fingerprint density at radius 1 is 1.16 bits per heavy atom. The van der Waals surface area contributed by atoms with Crippen LogP contribution in [-0.4, -0.2) is 49.6 Å². The fraction of sp³-hybridized carbons (Fsp3) is 0.600. The van der Waals surface area contributed by atoms with E-state index in [0.717, 1.165) is 44.2 Å². The minimum absolute atomic E-state index is 0.277. The monoisotopic (exact) mass is 281 g/mol. The standard InChI is InChI=1S/C15H24ClN3/c1-3-15(17,13-4-6-14(16)7-5-13)12-19-10-8-18(2)9-11-19/h4-7H,3,8-12,17H2,1-2H3. The van der Waals surface area contributed by atoms with Gasteiger partial charge < -0.3 is 10.6 Å². The maximum atomic E-state index is 6.64. The van der Waals surface area contributed by atoms with Gasteiger partial charge in [0.2, 0.25) is 0 Å². The number of hydrogen-bond acceptors (Lipinski definition) is 3. The first-order valence-corrected chi connectivity index (χ1v) is 7.37. The lowest BCUT2D eigenvalue weighted by Gasteiger charge is -2.39. The van der Waals surface area contributed by atoms with Crippen molar-refractivity contribution in [1.82, 2.24) is 9.80 Å². The van der Waals surface area contributed by atoms with E-state index in [2.05, 4.69) is 35.9 Å². The van der Waals surface area contributed by atoms with Gasteiger partial charge in [-0.15, -0.1) is 0 Å². The molecule has 0 amide bonds.